The summed E-state index contributed by atoms with van der Waals surface area (Å²) >= 11 is 1.46. The Hall–Kier alpha value is -3.98. The van der Waals surface area contributed by atoms with E-state index in [0.29, 0.717) is 17.8 Å². The molecule has 7 nitrogen and oxygen atoms in total. The van der Waals surface area contributed by atoms with Crippen molar-refractivity contribution in [1.29, 1.82) is 0 Å². The second-order valence-electron chi connectivity index (χ2n) is 7.19. The minimum atomic E-state index is -1.03. The summed E-state index contributed by atoms with van der Waals surface area (Å²) in [4.78, 5) is 26.1. The van der Waals surface area contributed by atoms with Crippen molar-refractivity contribution in [3.05, 3.63) is 95.3 Å². The summed E-state index contributed by atoms with van der Waals surface area (Å²) in [6.07, 6.45) is 0.614. The number of aromatic nitrogens is 2. The fourth-order valence-electron chi connectivity index (χ4n) is 3.11. The van der Waals surface area contributed by atoms with Gasteiger partial charge in [-0.3, -0.25) is 25.1 Å². The van der Waals surface area contributed by atoms with E-state index in [-0.39, 0.29) is 5.75 Å². The first-order valence-corrected chi connectivity index (χ1v) is 11.1. The highest BCUT2D eigenvalue weighted by atomic mass is 32.1. The molecule has 2 aromatic heterocycles. The highest BCUT2D eigenvalue weighted by Crippen LogP contribution is 2.27. The van der Waals surface area contributed by atoms with E-state index < -0.39 is 23.7 Å². The Morgan fingerprint density at radius 2 is 1.82 bits per heavy atom. The molecular weight excluding hydrogens is 443 g/mol. The van der Waals surface area contributed by atoms with Gasteiger partial charge >= 0.3 is 0 Å². The van der Waals surface area contributed by atoms with Crippen LogP contribution in [0.3, 0.4) is 0 Å². The Morgan fingerprint density at radius 3 is 2.55 bits per heavy atom. The maximum absolute atomic E-state index is 13.8. The van der Waals surface area contributed by atoms with Crippen molar-refractivity contribution in [2.45, 2.75) is 19.6 Å². The molecule has 2 aromatic carbocycles. The van der Waals surface area contributed by atoms with Gasteiger partial charge in [0.05, 0.1) is 17.0 Å². The average molecular weight is 465 g/mol. The lowest BCUT2D eigenvalue weighted by Crippen LogP contribution is -2.47. The normalized spacial score (nSPS) is 11.6. The van der Waals surface area contributed by atoms with Crippen LogP contribution in [0.5, 0.6) is 5.75 Å². The lowest BCUT2D eigenvalue weighted by molar-refractivity contribution is -0.128. The van der Waals surface area contributed by atoms with E-state index in [1.165, 1.54) is 36.5 Å². The SMILES string of the molecule is CC(Oc1ccccc1F)C(=O)NNC(=O)c1cn(Cc2ccccc2)nc1-c1cccs1. The number of carbonyl (C=O) groups excluding carboxylic acids is 2. The van der Waals surface area contributed by atoms with Gasteiger partial charge in [-0.05, 0) is 36.1 Å². The number of hydrazine groups is 1. The highest BCUT2D eigenvalue weighted by molar-refractivity contribution is 7.13. The van der Waals surface area contributed by atoms with E-state index in [0.717, 1.165) is 10.4 Å². The van der Waals surface area contributed by atoms with Crippen LogP contribution in [-0.2, 0) is 11.3 Å². The van der Waals surface area contributed by atoms with Crippen LogP contribution in [-0.4, -0.2) is 27.7 Å². The first kappa shape index (κ1) is 22.2. The standard InChI is InChI=1S/C24H21FN4O3S/c1-16(32-20-11-6-5-10-19(20)25)23(30)26-27-24(31)18-15-29(14-17-8-3-2-4-9-17)28-22(18)21-12-7-13-33-21/h2-13,15-16H,14H2,1H3,(H,26,30)(H,27,31). The van der Waals surface area contributed by atoms with Crippen LogP contribution in [0.25, 0.3) is 10.6 Å². The third-order valence-corrected chi connectivity index (χ3v) is 5.63. The van der Waals surface area contributed by atoms with Crippen LogP contribution in [0.15, 0.2) is 78.3 Å². The van der Waals surface area contributed by atoms with E-state index in [2.05, 4.69) is 16.0 Å². The Labute approximate surface area is 193 Å². The number of amides is 2. The van der Waals surface area contributed by atoms with Crippen molar-refractivity contribution in [2.24, 2.45) is 0 Å². The number of para-hydroxylation sites is 1. The number of nitrogens with zero attached hydrogens (tertiary/aromatic N) is 2. The second-order valence-corrected chi connectivity index (χ2v) is 8.13. The molecule has 168 valence electrons. The predicted octanol–water partition coefficient (Wildman–Crippen LogP) is 4.03. The Bertz CT molecular complexity index is 1240. The summed E-state index contributed by atoms with van der Waals surface area (Å²) in [7, 11) is 0. The van der Waals surface area contributed by atoms with Gasteiger partial charge < -0.3 is 4.74 Å². The van der Waals surface area contributed by atoms with Crippen LogP contribution in [0.4, 0.5) is 4.39 Å². The molecule has 1 unspecified atom stereocenters. The lowest BCUT2D eigenvalue weighted by Gasteiger charge is -2.15. The van der Waals surface area contributed by atoms with Gasteiger partial charge in [0.15, 0.2) is 17.7 Å². The Balaban J connectivity index is 1.45. The molecule has 0 fully saturated rings. The first-order valence-electron chi connectivity index (χ1n) is 10.2. The van der Waals surface area contributed by atoms with Crippen molar-refractivity contribution in [3.8, 4) is 16.3 Å². The van der Waals surface area contributed by atoms with E-state index in [9.17, 15) is 14.0 Å². The van der Waals surface area contributed by atoms with Gasteiger partial charge in [0.2, 0.25) is 0 Å². The maximum atomic E-state index is 13.8. The second kappa shape index (κ2) is 10.1. The van der Waals surface area contributed by atoms with Crippen molar-refractivity contribution < 1.29 is 18.7 Å². The minimum Gasteiger partial charge on any atom is -0.478 e. The fourth-order valence-corrected chi connectivity index (χ4v) is 3.83. The molecule has 4 rings (SSSR count). The molecule has 2 heterocycles. The number of nitrogens with one attached hydrogen (secondary N) is 2. The van der Waals surface area contributed by atoms with E-state index in [1.807, 2.05) is 47.8 Å². The molecule has 0 aliphatic heterocycles. The maximum Gasteiger partial charge on any atom is 0.279 e. The molecule has 33 heavy (non-hydrogen) atoms. The van der Waals surface area contributed by atoms with Gasteiger partial charge in [-0.15, -0.1) is 11.3 Å². The fraction of sp³-hybridized carbons (Fsp3) is 0.125. The molecule has 1 atom stereocenters. The summed E-state index contributed by atoms with van der Waals surface area (Å²) in [6.45, 7) is 1.95. The average Bonchev–Trinajstić information content (AvgIpc) is 3.49. The zero-order chi connectivity index (χ0) is 23.2. The van der Waals surface area contributed by atoms with Gasteiger partial charge in [0.1, 0.15) is 5.69 Å². The Morgan fingerprint density at radius 1 is 1.06 bits per heavy atom. The van der Waals surface area contributed by atoms with Crippen molar-refractivity contribution >= 4 is 23.2 Å². The molecule has 4 aromatic rings. The molecule has 0 spiro atoms. The van der Waals surface area contributed by atoms with Crippen molar-refractivity contribution in [2.75, 3.05) is 0 Å². The summed E-state index contributed by atoms with van der Waals surface area (Å²) in [6, 6.07) is 19.3. The third-order valence-electron chi connectivity index (χ3n) is 4.76. The van der Waals surface area contributed by atoms with Gasteiger partial charge in [-0.2, -0.15) is 5.10 Å². The molecule has 0 bridgehead atoms. The molecule has 2 amide bonds. The number of thiophene rings is 1. The molecular formula is C24H21FN4O3S. The van der Waals surface area contributed by atoms with E-state index in [4.69, 9.17) is 4.74 Å². The first-order chi connectivity index (χ1) is 16.0. The third kappa shape index (κ3) is 5.45. The number of carbonyl (C=O) groups is 2. The molecule has 9 heteroatoms. The Kier molecular flexibility index (Phi) is 6.80. The van der Waals surface area contributed by atoms with Crippen molar-refractivity contribution in [3.63, 3.8) is 0 Å². The van der Waals surface area contributed by atoms with Gasteiger partial charge in [-0.1, -0.05) is 48.5 Å². The summed E-state index contributed by atoms with van der Waals surface area (Å²) < 4.78 is 20.8. The van der Waals surface area contributed by atoms with Gasteiger partial charge in [-0.25, -0.2) is 4.39 Å². The zero-order valence-corrected chi connectivity index (χ0v) is 18.5. The van der Waals surface area contributed by atoms with Crippen LogP contribution in [0.2, 0.25) is 0 Å². The van der Waals surface area contributed by atoms with Gasteiger partial charge in [0.25, 0.3) is 11.8 Å². The zero-order valence-electron chi connectivity index (χ0n) is 17.7. The van der Waals surface area contributed by atoms with Crippen molar-refractivity contribution in [1.82, 2.24) is 20.6 Å². The van der Waals surface area contributed by atoms with Crippen LogP contribution in [0.1, 0.15) is 22.8 Å². The summed E-state index contributed by atoms with van der Waals surface area (Å²) in [5.74, 6) is -1.77. The number of hydrogen-bond donors (Lipinski definition) is 2. The predicted molar refractivity (Wildman–Crippen MR) is 123 cm³/mol. The molecule has 2 N–H and O–H groups in total. The number of halogens is 1. The van der Waals surface area contributed by atoms with Gasteiger partial charge in [0, 0.05) is 6.20 Å². The largest absolute Gasteiger partial charge is 0.478 e. The summed E-state index contributed by atoms with van der Waals surface area (Å²) in [5, 5.41) is 6.48. The topological polar surface area (TPSA) is 85.3 Å². The monoisotopic (exact) mass is 464 g/mol. The lowest BCUT2D eigenvalue weighted by atomic mass is 10.2. The number of benzene rings is 2. The molecule has 0 aliphatic rings. The van der Waals surface area contributed by atoms with Crippen LogP contribution >= 0.6 is 11.3 Å². The minimum absolute atomic E-state index is 0.0475. The number of hydrogen-bond acceptors (Lipinski definition) is 5. The molecule has 0 aliphatic carbocycles. The van der Waals surface area contributed by atoms with Crippen LogP contribution < -0.4 is 15.6 Å². The quantitative estimate of drug-likeness (QED) is 0.405. The van der Waals surface area contributed by atoms with E-state index >= 15 is 0 Å². The summed E-state index contributed by atoms with van der Waals surface area (Å²) in [5.41, 5.74) is 6.60. The molecule has 0 saturated heterocycles. The highest BCUT2D eigenvalue weighted by Gasteiger charge is 2.21. The molecule has 0 saturated carbocycles. The smallest absolute Gasteiger partial charge is 0.279 e. The van der Waals surface area contributed by atoms with E-state index in [1.54, 1.807) is 16.9 Å². The number of ether oxygens (including phenoxy) is 1. The van der Waals surface area contributed by atoms with Crippen LogP contribution in [0, 0.1) is 5.82 Å². The number of rotatable bonds is 7. The molecule has 0 radical (unpaired) electrons.